The summed E-state index contributed by atoms with van der Waals surface area (Å²) in [6, 6.07) is 4.30. The van der Waals surface area contributed by atoms with Crippen LogP contribution in [0.5, 0.6) is 0 Å². The number of thioether (sulfide) groups is 1. The maximum atomic E-state index is 12.3. The molecule has 1 aromatic carbocycles. The molecule has 0 heterocycles. The van der Waals surface area contributed by atoms with Gasteiger partial charge in [0.15, 0.2) is 0 Å². The minimum Gasteiger partial charge on any atom is -0.393 e. The summed E-state index contributed by atoms with van der Waals surface area (Å²) in [5, 5.41) is 14.3. The molecule has 21 heavy (non-hydrogen) atoms. The fraction of sp³-hybridized carbons (Fsp3) is 0.500. The van der Waals surface area contributed by atoms with Crippen molar-refractivity contribution in [3.05, 3.63) is 33.9 Å². The topological polar surface area (TPSA) is 98.3 Å². The molecule has 0 saturated heterocycles. The van der Waals surface area contributed by atoms with Crippen LogP contribution in [0.4, 0.5) is 11.4 Å². The van der Waals surface area contributed by atoms with E-state index in [1.807, 2.05) is 11.8 Å². The number of nitrogens with zero attached hydrogens (tertiary/aromatic N) is 1. The molecule has 0 aromatic heterocycles. The van der Waals surface area contributed by atoms with Crippen molar-refractivity contribution >= 4 is 29.0 Å². The van der Waals surface area contributed by atoms with E-state index in [4.69, 9.17) is 5.73 Å². The molecule has 6 nitrogen and oxygen atoms in total. The highest BCUT2D eigenvalue weighted by atomic mass is 32.2. The molecule has 0 aliphatic heterocycles. The van der Waals surface area contributed by atoms with Crippen LogP contribution >= 0.6 is 11.8 Å². The third kappa shape index (κ3) is 3.66. The minimum atomic E-state index is -0.572. The number of hydrogen-bond acceptors (Lipinski definition) is 5. The van der Waals surface area contributed by atoms with Crippen LogP contribution < -0.4 is 11.1 Å². The van der Waals surface area contributed by atoms with Crippen molar-refractivity contribution in [1.82, 2.24) is 5.32 Å². The Morgan fingerprint density at radius 1 is 1.52 bits per heavy atom. The number of nitro benzene ring substituents is 1. The van der Waals surface area contributed by atoms with Gasteiger partial charge >= 0.3 is 0 Å². The lowest BCUT2D eigenvalue weighted by atomic mass is 10.1. The van der Waals surface area contributed by atoms with Crippen LogP contribution in [0, 0.1) is 10.1 Å². The van der Waals surface area contributed by atoms with Gasteiger partial charge in [0.1, 0.15) is 5.69 Å². The summed E-state index contributed by atoms with van der Waals surface area (Å²) >= 11 is 1.85. The van der Waals surface area contributed by atoms with Gasteiger partial charge in [0.2, 0.25) is 0 Å². The second kappa shape index (κ2) is 6.80. The monoisotopic (exact) mass is 309 g/mol. The Hall–Kier alpha value is -1.76. The smallest absolute Gasteiger partial charge is 0.292 e. The van der Waals surface area contributed by atoms with Gasteiger partial charge in [-0.15, -0.1) is 0 Å². The highest BCUT2D eigenvalue weighted by Gasteiger charge is 2.29. The summed E-state index contributed by atoms with van der Waals surface area (Å²) in [5.74, 6) is 0.747. The molecular weight excluding hydrogens is 290 g/mol. The first-order chi connectivity index (χ1) is 10.0. The molecule has 1 aliphatic carbocycles. The van der Waals surface area contributed by atoms with Crippen molar-refractivity contribution in [2.75, 3.05) is 11.5 Å². The van der Waals surface area contributed by atoms with Gasteiger partial charge in [-0.3, -0.25) is 14.9 Å². The predicted octanol–water partition coefficient (Wildman–Crippen LogP) is 2.58. The number of nitro groups is 1. The van der Waals surface area contributed by atoms with Crippen molar-refractivity contribution in [3.8, 4) is 0 Å². The van der Waals surface area contributed by atoms with Crippen molar-refractivity contribution in [3.63, 3.8) is 0 Å². The number of nitrogens with one attached hydrogen (secondary N) is 1. The minimum absolute atomic E-state index is 0.0665. The van der Waals surface area contributed by atoms with Crippen LogP contribution in [-0.4, -0.2) is 27.9 Å². The first-order valence-electron chi connectivity index (χ1n) is 6.99. The summed E-state index contributed by atoms with van der Waals surface area (Å²) in [6.45, 7) is 2.10. The first-order valence-corrected chi connectivity index (χ1v) is 8.04. The van der Waals surface area contributed by atoms with Crippen LogP contribution in [0.1, 0.15) is 36.5 Å². The molecule has 1 aromatic rings. The lowest BCUT2D eigenvalue weighted by molar-refractivity contribution is -0.383. The largest absolute Gasteiger partial charge is 0.393 e. The molecule has 1 saturated carbocycles. The Balaban J connectivity index is 2.10. The van der Waals surface area contributed by atoms with Gasteiger partial charge in [-0.25, -0.2) is 0 Å². The number of carbonyl (C=O) groups excluding carboxylic acids is 1. The zero-order valence-electron chi connectivity index (χ0n) is 11.9. The van der Waals surface area contributed by atoms with Crippen LogP contribution in [0.3, 0.4) is 0 Å². The molecule has 1 amide bonds. The summed E-state index contributed by atoms with van der Waals surface area (Å²) < 4.78 is 0. The van der Waals surface area contributed by atoms with E-state index in [0.717, 1.165) is 25.0 Å². The SMILES string of the molecule is CCS[C@@H]1CCC[C@@H]1NC(=O)c1ccc(N)c([N+](=O)[O-])c1. The number of hydrogen-bond donors (Lipinski definition) is 2. The maximum Gasteiger partial charge on any atom is 0.292 e. The van der Waals surface area contributed by atoms with Gasteiger partial charge in [-0.2, -0.15) is 11.8 Å². The standard InChI is InChI=1S/C14H19N3O3S/c1-2-21-13-5-3-4-11(13)16-14(18)9-6-7-10(15)12(8-9)17(19)20/h6-8,11,13H,2-5,15H2,1H3,(H,16,18)/t11-,13+/m0/s1. The van der Waals surface area contributed by atoms with E-state index in [1.165, 1.54) is 18.2 Å². The number of rotatable bonds is 5. The molecule has 3 N–H and O–H groups in total. The molecular formula is C14H19N3O3S. The van der Waals surface area contributed by atoms with Gasteiger partial charge in [-0.1, -0.05) is 13.3 Å². The first kappa shape index (κ1) is 15.6. The van der Waals surface area contributed by atoms with Crippen molar-refractivity contribution in [2.45, 2.75) is 37.5 Å². The van der Waals surface area contributed by atoms with Gasteiger partial charge in [0, 0.05) is 22.9 Å². The second-order valence-electron chi connectivity index (χ2n) is 5.04. The van der Waals surface area contributed by atoms with E-state index in [2.05, 4.69) is 12.2 Å². The molecule has 0 spiro atoms. The quantitative estimate of drug-likeness (QED) is 0.495. The van der Waals surface area contributed by atoms with E-state index < -0.39 is 4.92 Å². The molecule has 2 atom stereocenters. The van der Waals surface area contributed by atoms with Gasteiger partial charge in [-0.05, 0) is 30.7 Å². The third-order valence-corrected chi connectivity index (χ3v) is 4.96. The van der Waals surface area contributed by atoms with Gasteiger partial charge in [0.05, 0.1) is 4.92 Å². The number of amides is 1. The molecule has 0 bridgehead atoms. The second-order valence-corrected chi connectivity index (χ2v) is 6.55. The van der Waals surface area contributed by atoms with E-state index in [-0.39, 0.29) is 28.9 Å². The van der Waals surface area contributed by atoms with E-state index >= 15 is 0 Å². The average molecular weight is 309 g/mol. The Labute approximate surface area is 127 Å². The number of nitrogens with two attached hydrogens (primary N) is 1. The zero-order chi connectivity index (χ0) is 15.4. The number of benzene rings is 1. The lowest BCUT2D eigenvalue weighted by Gasteiger charge is -2.20. The van der Waals surface area contributed by atoms with Gasteiger partial charge in [0.25, 0.3) is 11.6 Å². The predicted molar refractivity (Wildman–Crippen MR) is 84.5 cm³/mol. The highest BCUT2D eigenvalue weighted by Crippen LogP contribution is 2.30. The van der Waals surface area contributed by atoms with Crippen molar-refractivity contribution in [1.29, 1.82) is 0 Å². The van der Waals surface area contributed by atoms with E-state index in [9.17, 15) is 14.9 Å². The van der Waals surface area contributed by atoms with E-state index in [0.29, 0.717) is 5.25 Å². The molecule has 0 radical (unpaired) electrons. The van der Waals surface area contributed by atoms with Gasteiger partial charge < -0.3 is 11.1 Å². The Morgan fingerprint density at radius 3 is 2.95 bits per heavy atom. The molecule has 1 aliphatic rings. The molecule has 114 valence electrons. The van der Waals surface area contributed by atoms with Crippen LogP contribution in [0.15, 0.2) is 18.2 Å². The Kier molecular flexibility index (Phi) is 5.06. The highest BCUT2D eigenvalue weighted by molar-refractivity contribution is 7.99. The van der Waals surface area contributed by atoms with Crippen LogP contribution in [0.2, 0.25) is 0 Å². The Bertz CT molecular complexity index is 550. The number of anilines is 1. The summed E-state index contributed by atoms with van der Waals surface area (Å²) in [6.07, 6.45) is 3.16. The fourth-order valence-electron chi connectivity index (χ4n) is 2.60. The molecule has 1 fully saturated rings. The van der Waals surface area contributed by atoms with E-state index in [1.54, 1.807) is 0 Å². The number of carbonyl (C=O) groups is 1. The average Bonchev–Trinajstić information content (AvgIpc) is 2.86. The van der Waals surface area contributed by atoms with Crippen LogP contribution in [-0.2, 0) is 0 Å². The summed E-state index contributed by atoms with van der Waals surface area (Å²) in [7, 11) is 0. The maximum absolute atomic E-state index is 12.3. The Morgan fingerprint density at radius 2 is 2.29 bits per heavy atom. The zero-order valence-corrected chi connectivity index (χ0v) is 12.7. The van der Waals surface area contributed by atoms with Crippen molar-refractivity contribution < 1.29 is 9.72 Å². The molecule has 2 rings (SSSR count). The summed E-state index contributed by atoms with van der Waals surface area (Å²) in [5.41, 5.74) is 5.66. The van der Waals surface area contributed by atoms with Crippen molar-refractivity contribution in [2.24, 2.45) is 0 Å². The molecule has 7 heteroatoms. The summed E-state index contributed by atoms with van der Waals surface area (Å²) in [4.78, 5) is 22.5. The lowest BCUT2D eigenvalue weighted by Crippen LogP contribution is -2.38. The third-order valence-electron chi connectivity index (χ3n) is 3.64. The molecule has 0 unspecified atom stereocenters. The fourth-order valence-corrected chi connectivity index (χ4v) is 3.80. The number of nitrogen functional groups attached to an aromatic ring is 1. The normalized spacial score (nSPS) is 21.2. The van der Waals surface area contributed by atoms with Crippen LogP contribution in [0.25, 0.3) is 0 Å².